The van der Waals surface area contributed by atoms with Crippen molar-refractivity contribution in [2.75, 3.05) is 13.7 Å². The van der Waals surface area contributed by atoms with Crippen LogP contribution in [0, 0.1) is 0 Å². The second kappa shape index (κ2) is 6.00. The van der Waals surface area contributed by atoms with Crippen molar-refractivity contribution in [1.29, 1.82) is 0 Å². The fourth-order valence-corrected chi connectivity index (χ4v) is 2.26. The second-order valence-electron chi connectivity index (χ2n) is 3.91. The number of methoxy groups -OCH3 is 1. The van der Waals surface area contributed by atoms with Crippen molar-refractivity contribution < 1.29 is 19.1 Å². The largest absolute Gasteiger partial charge is 0.480 e. The topological polar surface area (TPSA) is 65.5 Å². The van der Waals surface area contributed by atoms with E-state index in [-0.39, 0.29) is 23.6 Å². The molecule has 0 aliphatic carbocycles. The number of nitrogens with zero attached hydrogens (tertiary/aromatic N) is 1. The van der Waals surface area contributed by atoms with E-state index < -0.39 is 5.97 Å². The van der Waals surface area contributed by atoms with Crippen LogP contribution in [-0.4, -0.2) is 31.0 Å². The second-order valence-corrected chi connectivity index (χ2v) is 4.83. The molecule has 2 rings (SSSR count). The van der Waals surface area contributed by atoms with Gasteiger partial charge in [-0.1, -0.05) is 22.0 Å². The first-order valence-corrected chi connectivity index (χ1v) is 6.71. The molecule has 0 saturated carbocycles. The molecule has 0 aliphatic heterocycles. The SMILES string of the molecule is CCOC(=O)c1c(OC)nc2cc(Br)ccc2c1C=O. The van der Waals surface area contributed by atoms with E-state index in [1.807, 2.05) is 0 Å². The van der Waals surface area contributed by atoms with Gasteiger partial charge in [0.15, 0.2) is 6.29 Å². The smallest absolute Gasteiger partial charge is 0.344 e. The van der Waals surface area contributed by atoms with Crippen LogP contribution in [0.15, 0.2) is 22.7 Å². The fourth-order valence-electron chi connectivity index (χ4n) is 1.91. The van der Waals surface area contributed by atoms with Gasteiger partial charge in [0.05, 0.1) is 19.2 Å². The number of hydrogen-bond acceptors (Lipinski definition) is 5. The maximum absolute atomic E-state index is 12.0. The molecular formula is C14H12BrNO4. The number of ether oxygens (including phenoxy) is 2. The Kier molecular flexibility index (Phi) is 4.34. The van der Waals surface area contributed by atoms with Crippen LogP contribution in [0.5, 0.6) is 5.88 Å². The number of aromatic nitrogens is 1. The van der Waals surface area contributed by atoms with Gasteiger partial charge < -0.3 is 9.47 Å². The zero-order valence-corrected chi connectivity index (χ0v) is 12.6. The molecule has 6 heteroatoms. The monoisotopic (exact) mass is 337 g/mol. The minimum atomic E-state index is -0.622. The van der Waals surface area contributed by atoms with Crippen LogP contribution >= 0.6 is 15.9 Å². The van der Waals surface area contributed by atoms with Gasteiger partial charge in [-0.3, -0.25) is 4.79 Å². The molecule has 5 nitrogen and oxygen atoms in total. The number of aldehydes is 1. The molecule has 0 bridgehead atoms. The Morgan fingerprint density at radius 2 is 2.20 bits per heavy atom. The molecule has 0 atom stereocenters. The first kappa shape index (κ1) is 14.5. The highest BCUT2D eigenvalue weighted by Gasteiger charge is 2.22. The molecule has 20 heavy (non-hydrogen) atoms. The minimum Gasteiger partial charge on any atom is -0.480 e. The molecule has 0 spiro atoms. The third kappa shape index (κ3) is 2.51. The lowest BCUT2D eigenvalue weighted by molar-refractivity contribution is 0.0520. The molecule has 1 heterocycles. The Hall–Kier alpha value is -1.95. The Bertz CT molecular complexity index is 684. The number of carbonyl (C=O) groups is 2. The lowest BCUT2D eigenvalue weighted by Crippen LogP contribution is -2.12. The summed E-state index contributed by atoms with van der Waals surface area (Å²) in [7, 11) is 1.39. The van der Waals surface area contributed by atoms with Crippen molar-refractivity contribution >= 4 is 39.1 Å². The summed E-state index contributed by atoms with van der Waals surface area (Å²) in [5, 5.41) is 0.576. The van der Waals surface area contributed by atoms with Crippen molar-refractivity contribution in [3.05, 3.63) is 33.8 Å². The van der Waals surface area contributed by atoms with Gasteiger partial charge in [-0.15, -0.1) is 0 Å². The molecule has 1 aromatic heterocycles. The number of pyridine rings is 1. The molecule has 0 fully saturated rings. The van der Waals surface area contributed by atoms with E-state index >= 15 is 0 Å². The molecule has 1 aromatic carbocycles. The predicted molar refractivity (Wildman–Crippen MR) is 77.3 cm³/mol. The van der Waals surface area contributed by atoms with E-state index in [1.54, 1.807) is 25.1 Å². The fraction of sp³-hybridized carbons (Fsp3) is 0.214. The molecule has 0 radical (unpaired) electrons. The van der Waals surface area contributed by atoms with Gasteiger partial charge in [0.2, 0.25) is 5.88 Å². The molecule has 0 amide bonds. The van der Waals surface area contributed by atoms with E-state index in [2.05, 4.69) is 20.9 Å². The molecule has 2 aromatic rings. The van der Waals surface area contributed by atoms with E-state index in [1.165, 1.54) is 7.11 Å². The Labute approximate surface area is 124 Å². The van der Waals surface area contributed by atoms with Crippen LogP contribution in [0.1, 0.15) is 27.6 Å². The van der Waals surface area contributed by atoms with Gasteiger partial charge >= 0.3 is 5.97 Å². The van der Waals surface area contributed by atoms with Crippen LogP contribution in [0.25, 0.3) is 10.9 Å². The van der Waals surface area contributed by atoms with Gasteiger partial charge in [-0.25, -0.2) is 9.78 Å². The lowest BCUT2D eigenvalue weighted by atomic mass is 10.0. The summed E-state index contributed by atoms with van der Waals surface area (Å²) < 4.78 is 10.9. The average molecular weight is 338 g/mol. The van der Waals surface area contributed by atoms with E-state index in [0.29, 0.717) is 17.2 Å². The number of rotatable bonds is 4. The van der Waals surface area contributed by atoms with Crippen molar-refractivity contribution in [2.24, 2.45) is 0 Å². The summed E-state index contributed by atoms with van der Waals surface area (Å²) in [5.41, 5.74) is 0.836. The zero-order valence-electron chi connectivity index (χ0n) is 11.0. The molecular weight excluding hydrogens is 326 g/mol. The van der Waals surface area contributed by atoms with Gasteiger partial charge in [0.25, 0.3) is 0 Å². The van der Waals surface area contributed by atoms with Crippen LogP contribution in [-0.2, 0) is 4.74 Å². The number of halogens is 1. The first-order valence-electron chi connectivity index (χ1n) is 5.92. The van der Waals surface area contributed by atoms with Crippen molar-refractivity contribution in [3.63, 3.8) is 0 Å². The first-order chi connectivity index (χ1) is 9.62. The van der Waals surface area contributed by atoms with Crippen LogP contribution in [0.4, 0.5) is 0 Å². The molecule has 104 valence electrons. The van der Waals surface area contributed by atoms with Crippen molar-refractivity contribution in [2.45, 2.75) is 6.92 Å². The van der Waals surface area contributed by atoms with Gasteiger partial charge in [0.1, 0.15) is 5.56 Å². The normalized spacial score (nSPS) is 10.3. The summed E-state index contributed by atoms with van der Waals surface area (Å²) in [6.07, 6.45) is 0.618. The zero-order chi connectivity index (χ0) is 14.7. The maximum atomic E-state index is 12.0. The Morgan fingerprint density at radius 1 is 1.45 bits per heavy atom. The van der Waals surface area contributed by atoms with Gasteiger partial charge in [-0.2, -0.15) is 0 Å². The van der Waals surface area contributed by atoms with Crippen LogP contribution < -0.4 is 4.74 Å². The molecule has 0 N–H and O–H groups in total. The maximum Gasteiger partial charge on any atom is 0.344 e. The number of benzene rings is 1. The highest BCUT2D eigenvalue weighted by molar-refractivity contribution is 9.10. The molecule has 0 aliphatic rings. The van der Waals surface area contributed by atoms with Crippen LogP contribution in [0.3, 0.4) is 0 Å². The molecule has 0 saturated heterocycles. The Morgan fingerprint density at radius 3 is 2.80 bits per heavy atom. The highest BCUT2D eigenvalue weighted by Crippen LogP contribution is 2.29. The summed E-state index contributed by atoms with van der Waals surface area (Å²) in [6, 6.07) is 5.25. The highest BCUT2D eigenvalue weighted by atomic mass is 79.9. The summed E-state index contributed by atoms with van der Waals surface area (Å²) >= 11 is 3.34. The van der Waals surface area contributed by atoms with Crippen molar-refractivity contribution in [1.82, 2.24) is 4.98 Å². The summed E-state index contributed by atoms with van der Waals surface area (Å²) in [4.78, 5) is 27.7. The van der Waals surface area contributed by atoms with E-state index in [0.717, 1.165) is 4.47 Å². The predicted octanol–water partition coefficient (Wildman–Crippen LogP) is 3.00. The third-order valence-electron chi connectivity index (χ3n) is 2.75. The quantitative estimate of drug-likeness (QED) is 0.633. The van der Waals surface area contributed by atoms with Gasteiger partial charge in [0, 0.05) is 15.4 Å². The number of hydrogen-bond donors (Lipinski definition) is 0. The van der Waals surface area contributed by atoms with Crippen molar-refractivity contribution in [3.8, 4) is 5.88 Å². The lowest BCUT2D eigenvalue weighted by Gasteiger charge is -2.12. The summed E-state index contributed by atoms with van der Waals surface area (Å²) in [6.45, 7) is 1.90. The summed E-state index contributed by atoms with van der Waals surface area (Å²) in [5.74, 6) is -0.542. The number of carbonyl (C=O) groups excluding carboxylic acids is 2. The molecule has 0 unspecified atom stereocenters. The van der Waals surface area contributed by atoms with Crippen LogP contribution in [0.2, 0.25) is 0 Å². The van der Waals surface area contributed by atoms with E-state index in [4.69, 9.17) is 9.47 Å². The number of fused-ring (bicyclic) bond motifs is 1. The van der Waals surface area contributed by atoms with Gasteiger partial charge in [-0.05, 0) is 19.1 Å². The Balaban J connectivity index is 2.80. The third-order valence-corrected chi connectivity index (χ3v) is 3.24. The average Bonchev–Trinajstić information content (AvgIpc) is 2.44. The number of esters is 1. The van der Waals surface area contributed by atoms with E-state index in [9.17, 15) is 9.59 Å². The standard InChI is InChI=1S/C14H12BrNO4/c1-3-20-14(18)12-10(7-17)9-5-4-8(15)6-11(9)16-13(12)19-2/h4-7H,3H2,1-2H3. The minimum absolute atomic E-state index is 0.0548.